The Morgan fingerprint density at radius 1 is 0.941 bits per heavy atom. The summed E-state index contributed by atoms with van der Waals surface area (Å²) < 4.78 is 5.27. The predicted octanol–water partition coefficient (Wildman–Crippen LogP) is 4.93. The van der Waals surface area contributed by atoms with Gasteiger partial charge in [-0.25, -0.2) is 0 Å². The van der Waals surface area contributed by atoms with E-state index in [-0.39, 0.29) is 5.78 Å². The number of amides is 1. The Kier molecular flexibility index (Phi) is 4.48. The number of hydrogen-bond donors (Lipinski definition) is 1. The molecule has 6 heteroatoms. The first-order valence-electron chi connectivity index (χ1n) is 11.0. The van der Waals surface area contributed by atoms with Crippen molar-refractivity contribution in [2.45, 2.75) is 5.60 Å². The van der Waals surface area contributed by atoms with Gasteiger partial charge >= 0.3 is 0 Å². The van der Waals surface area contributed by atoms with Crippen molar-refractivity contribution in [1.29, 1.82) is 0 Å². The third kappa shape index (κ3) is 2.85. The zero-order valence-corrected chi connectivity index (χ0v) is 18.3. The minimum atomic E-state index is -1.57. The molecule has 0 saturated heterocycles. The van der Waals surface area contributed by atoms with Gasteiger partial charge in [0.05, 0.1) is 7.11 Å². The standard InChI is InChI=1S/C28H20N2O4/c1-33-21-14-12-18(13-15-21)25-24(26(31)20-11-10-17-6-2-3-7-19(17)16-20)28(34-30-25)22-8-4-5-9-23(22)29-27(28)32/h2-16,24H,1H3,(H,29,32). The first-order chi connectivity index (χ1) is 16.6. The number of ether oxygens (including phenoxy) is 1. The highest BCUT2D eigenvalue weighted by molar-refractivity contribution is 6.25. The smallest absolute Gasteiger partial charge is 0.277 e. The van der Waals surface area contributed by atoms with E-state index in [0.717, 1.165) is 10.8 Å². The average molecular weight is 448 g/mol. The number of benzene rings is 4. The highest BCUT2D eigenvalue weighted by atomic mass is 16.7. The van der Waals surface area contributed by atoms with Crippen LogP contribution in [0.3, 0.4) is 0 Å². The lowest BCUT2D eigenvalue weighted by atomic mass is 9.74. The molecule has 0 bridgehead atoms. The summed E-state index contributed by atoms with van der Waals surface area (Å²) in [7, 11) is 1.59. The summed E-state index contributed by atoms with van der Waals surface area (Å²) in [6.07, 6.45) is 0. The SMILES string of the molecule is COc1ccc(C2=NOC3(C(=O)Nc4ccccc43)C2C(=O)c2ccc3ccccc3c2)cc1. The second-order valence-electron chi connectivity index (χ2n) is 8.39. The van der Waals surface area contributed by atoms with Crippen molar-refractivity contribution in [3.05, 3.63) is 108 Å². The molecular formula is C28H20N2O4. The summed E-state index contributed by atoms with van der Waals surface area (Å²) in [4.78, 5) is 33.5. The minimum absolute atomic E-state index is 0.232. The average Bonchev–Trinajstić information content (AvgIpc) is 3.42. The molecule has 1 amide bonds. The lowest BCUT2D eigenvalue weighted by molar-refractivity contribution is -0.140. The molecule has 0 saturated carbocycles. The van der Waals surface area contributed by atoms with Gasteiger partial charge in [-0.15, -0.1) is 0 Å². The Hall–Kier alpha value is -4.45. The van der Waals surface area contributed by atoms with E-state index in [2.05, 4.69) is 10.5 Å². The van der Waals surface area contributed by atoms with Crippen molar-refractivity contribution < 1.29 is 19.2 Å². The van der Waals surface area contributed by atoms with Crippen LogP contribution in [-0.2, 0) is 15.2 Å². The summed E-state index contributed by atoms with van der Waals surface area (Å²) >= 11 is 0. The van der Waals surface area contributed by atoms with Gasteiger partial charge in [-0.05, 0) is 47.2 Å². The van der Waals surface area contributed by atoms with Crippen molar-refractivity contribution >= 4 is 33.9 Å². The second-order valence-corrected chi connectivity index (χ2v) is 8.39. The Balaban J connectivity index is 1.52. The highest BCUT2D eigenvalue weighted by Crippen LogP contribution is 2.49. The van der Waals surface area contributed by atoms with Gasteiger partial charge in [-0.3, -0.25) is 9.59 Å². The van der Waals surface area contributed by atoms with Crippen LogP contribution >= 0.6 is 0 Å². The summed E-state index contributed by atoms with van der Waals surface area (Å²) in [6.45, 7) is 0. The predicted molar refractivity (Wildman–Crippen MR) is 129 cm³/mol. The highest BCUT2D eigenvalue weighted by Gasteiger charge is 2.63. The number of methoxy groups -OCH3 is 1. The summed E-state index contributed by atoms with van der Waals surface area (Å²) in [5.41, 5.74) is 1.24. The number of ketones is 1. The maximum Gasteiger partial charge on any atom is 0.277 e. The molecule has 166 valence electrons. The maximum atomic E-state index is 14.1. The van der Waals surface area contributed by atoms with Crippen LogP contribution < -0.4 is 10.1 Å². The summed E-state index contributed by atoms with van der Waals surface area (Å²) in [6, 6.07) is 27.9. The van der Waals surface area contributed by atoms with Gasteiger partial charge in [0.15, 0.2) is 5.78 Å². The molecule has 34 heavy (non-hydrogen) atoms. The van der Waals surface area contributed by atoms with Crippen LogP contribution in [0.5, 0.6) is 5.75 Å². The van der Waals surface area contributed by atoms with Gasteiger partial charge in [-0.2, -0.15) is 0 Å². The molecule has 2 aliphatic rings. The molecule has 0 aromatic heterocycles. The third-order valence-corrected chi connectivity index (χ3v) is 6.56. The van der Waals surface area contributed by atoms with Gasteiger partial charge in [0.1, 0.15) is 17.4 Å². The Bertz CT molecular complexity index is 1490. The molecule has 2 heterocycles. The molecule has 4 aromatic rings. The number of para-hydroxylation sites is 1. The van der Waals surface area contributed by atoms with E-state index >= 15 is 0 Å². The number of oxime groups is 1. The Morgan fingerprint density at radius 2 is 1.68 bits per heavy atom. The molecular weight excluding hydrogens is 428 g/mol. The first-order valence-corrected chi connectivity index (χ1v) is 11.0. The van der Waals surface area contributed by atoms with Crippen LogP contribution in [0.1, 0.15) is 21.5 Å². The van der Waals surface area contributed by atoms with Gasteiger partial charge < -0.3 is 14.9 Å². The number of anilines is 1. The van der Waals surface area contributed by atoms with Crippen molar-refractivity contribution in [2.75, 3.05) is 12.4 Å². The van der Waals surface area contributed by atoms with Crippen molar-refractivity contribution in [3.63, 3.8) is 0 Å². The van der Waals surface area contributed by atoms with E-state index in [0.29, 0.717) is 33.8 Å². The maximum absolute atomic E-state index is 14.1. The normalized spacial score (nSPS) is 20.6. The van der Waals surface area contributed by atoms with Crippen LogP contribution in [0.25, 0.3) is 10.8 Å². The second kappa shape index (κ2) is 7.56. The van der Waals surface area contributed by atoms with Gasteiger partial charge in [0.25, 0.3) is 11.5 Å². The van der Waals surface area contributed by atoms with E-state index < -0.39 is 17.4 Å². The largest absolute Gasteiger partial charge is 0.497 e. The van der Waals surface area contributed by atoms with Gasteiger partial charge in [-0.1, -0.05) is 59.8 Å². The number of carbonyl (C=O) groups is 2. The number of Topliss-reactive ketones (excluding diaryl/α,β-unsaturated/α-hetero) is 1. The molecule has 1 N–H and O–H groups in total. The zero-order valence-electron chi connectivity index (χ0n) is 18.3. The van der Waals surface area contributed by atoms with E-state index in [1.165, 1.54) is 0 Å². The van der Waals surface area contributed by atoms with Crippen LogP contribution in [0.15, 0.2) is 96.2 Å². The molecule has 2 aliphatic heterocycles. The third-order valence-electron chi connectivity index (χ3n) is 6.56. The van der Waals surface area contributed by atoms with E-state index in [9.17, 15) is 9.59 Å². The Labute approximate surface area is 195 Å². The number of nitrogens with one attached hydrogen (secondary N) is 1. The topological polar surface area (TPSA) is 77.0 Å². The Morgan fingerprint density at radius 3 is 2.47 bits per heavy atom. The quantitative estimate of drug-likeness (QED) is 0.449. The number of fused-ring (bicyclic) bond motifs is 3. The molecule has 4 aromatic carbocycles. The number of rotatable bonds is 4. The fourth-order valence-corrected chi connectivity index (χ4v) is 4.85. The summed E-state index contributed by atoms with van der Waals surface area (Å²) in [5.74, 6) is -0.921. The lowest BCUT2D eigenvalue weighted by Crippen LogP contribution is -2.46. The van der Waals surface area contributed by atoms with Crippen molar-refractivity contribution in [3.8, 4) is 5.75 Å². The minimum Gasteiger partial charge on any atom is -0.497 e. The van der Waals surface area contributed by atoms with Crippen molar-refractivity contribution in [1.82, 2.24) is 0 Å². The fourth-order valence-electron chi connectivity index (χ4n) is 4.85. The van der Waals surface area contributed by atoms with Gasteiger partial charge in [0.2, 0.25) is 0 Å². The molecule has 6 rings (SSSR count). The van der Waals surface area contributed by atoms with Crippen LogP contribution in [-0.4, -0.2) is 24.5 Å². The molecule has 0 radical (unpaired) electrons. The molecule has 0 fully saturated rings. The molecule has 0 aliphatic carbocycles. The monoisotopic (exact) mass is 448 g/mol. The van der Waals surface area contributed by atoms with Gasteiger partial charge in [0, 0.05) is 22.4 Å². The van der Waals surface area contributed by atoms with Crippen LogP contribution in [0.4, 0.5) is 5.69 Å². The number of hydrogen-bond acceptors (Lipinski definition) is 5. The zero-order chi connectivity index (χ0) is 23.3. The molecule has 2 atom stereocenters. The lowest BCUT2D eigenvalue weighted by Gasteiger charge is -2.26. The van der Waals surface area contributed by atoms with Crippen LogP contribution in [0.2, 0.25) is 0 Å². The molecule has 2 unspecified atom stereocenters. The first kappa shape index (κ1) is 20.2. The fraction of sp³-hybridized carbons (Fsp3) is 0.107. The van der Waals surface area contributed by atoms with E-state index in [1.54, 1.807) is 37.4 Å². The van der Waals surface area contributed by atoms with Crippen molar-refractivity contribution in [2.24, 2.45) is 11.1 Å². The van der Waals surface area contributed by atoms with E-state index in [1.807, 2.05) is 60.7 Å². The molecule has 6 nitrogen and oxygen atoms in total. The summed E-state index contributed by atoms with van der Waals surface area (Å²) in [5, 5.41) is 9.18. The number of nitrogens with zero attached hydrogens (tertiary/aromatic N) is 1. The van der Waals surface area contributed by atoms with Crippen LogP contribution in [0, 0.1) is 5.92 Å². The number of carbonyl (C=O) groups excluding carboxylic acids is 2. The molecule has 1 spiro atoms. The van der Waals surface area contributed by atoms with E-state index in [4.69, 9.17) is 9.57 Å².